The van der Waals surface area contributed by atoms with E-state index < -0.39 is 17.1 Å². The third kappa shape index (κ3) is 4.42. The number of nitrogens with zero attached hydrogens (tertiary/aromatic N) is 3. The highest BCUT2D eigenvalue weighted by Gasteiger charge is 2.32. The van der Waals surface area contributed by atoms with Gasteiger partial charge in [-0.25, -0.2) is 14.8 Å². The van der Waals surface area contributed by atoms with Crippen molar-refractivity contribution in [2.24, 2.45) is 4.99 Å². The Morgan fingerprint density at radius 2 is 2.04 bits per heavy atom. The van der Waals surface area contributed by atoms with Crippen molar-refractivity contribution >= 4 is 46.3 Å². The van der Waals surface area contributed by atoms with Gasteiger partial charge in [-0.15, -0.1) is 0 Å². The number of nitrogens with one attached hydrogen (secondary N) is 2. The number of benzene rings is 1. The summed E-state index contributed by atoms with van der Waals surface area (Å²) >= 11 is 1.11. The van der Waals surface area contributed by atoms with Crippen molar-refractivity contribution in [2.45, 2.75) is 11.7 Å². The minimum absolute atomic E-state index is 0.0630. The Kier molecular flexibility index (Phi) is 5.23. The number of aromatic carboxylic acids is 1. The number of amides is 2. The van der Waals surface area contributed by atoms with Gasteiger partial charge in [0, 0.05) is 24.5 Å². The van der Waals surface area contributed by atoms with E-state index in [-0.39, 0.29) is 23.8 Å². The molecule has 3 rings (SSSR count). The van der Waals surface area contributed by atoms with E-state index in [9.17, 15) is 14.4 Å². The van der Waals surface area contributed by atoms with Crippen LogP contribution in [-0.4, -0.2) is 43.3 Å². The molecule has 1 saturated heterocycles. The second kappa shape index (κ2) is 7.74. The Hall–Kier alpha value is -3.27. The van der Waals surface area contributed by atoms with Crippen LogP contribution in [0.1, 0.15) is 16.8 Å². The first-order valence-electron chi connectivity index (χ1n) is 7.48. The Morgan fingerprint density at radius 3 is 2.77 bits per heavy atom. The number of rotatable bonds is 5. The maximum Gasteiger partial charge on any atom is 0.335 e. The number of hydrogen-bond donors (Lipinski definition) is 3. The number of hydrogen-bond acceptors (Lipinski definition) is 7. The fraction of sp³-hybridized carbons (Fsp3) is 0.125. The van der Waals surface area contributed by atoms with E-state index in [0.717, 1.165) is 11.8 Å². The van der Waals surface area contributed by atoms with Crippen molar-refractivity contribution in [3.63, 3.8) is 0 Å². The van der Waals surface area contributed by atoms with Crippen LogP contribution in [0.15, 0.2) is 47.7 Å². The molecule has 0 aliphatic carbocycles. The lowest BCUT2D eigenvalue weighted by molar-refractivity contribution is -0.122. The highest BCUT2D eigenvalue weighted by molar-refractivity contribution is 8.15. The molecule has 0 bridgehead atoms. The van der Waals surface area contributed by atoms with Gasteiger partial charge >= 0.3 is 5.97 Å². The lowest BCUT2D eigenvalue weighted by Gasteiger charge is -2.08. The first kappa shape index (κ1) is 17.5. The molecule has 1 aliphatic rings. The molecule has 1 aromatic heterocycles. The molecule has 1 atom stereocenters. The summed E-state index contributed by atoms with van der Waals surface area (Å²) in [5, 5.41) is 13.8. The van der Waals surface area contributed by atoms with Gasteiger partial charge in [-0.05, 0) is 24.3 Å². The summed E-state index contributed by atoms with van der Waals surface area (Å²) in [6, 6.07) is 7.53. The molecular formula is C16H13N5O4S. The minimum atomic E-state index is -1.09. The van der Waals surface area contributed by atoms with Gasteiger partial charge in [0.2, 0.25) is 11.8 Å². The molecule has 0 radical (unpaired) electrons. The highest BCUT2D eigenvalue weighted by Crippen LogP contribution is 2.24. The first-order valence-corrected chi connectivity index (χ1v) is 8.35. The molecule has 1 aromatic carbocycles. The second-order valence-corrected chi connectivity index (χ2v) is 6.39. The molecule has 3 N–H and O–H groups in total. The maximum absolute atomic E-state index is 12.1. The molecule has 1 aliphatic heterocycles. The average molecular weight is 371 g/mol. The number of carbonyl (C=O) groups is 3. The summed E-state index contributed by atoms with van der Waals surface area (Å²) in [6.07, 6.45) is 2.98. The standard InChI is InChI=1S/C16H13N5O4S/c22-12(19-10-4-1-3-9(7-10)14(24)25)8-11-13(23)20-16(26-11)21-15-17-5-2-6-18-15/h1-7,11H,8H2,(H,19,22)(H,24,25)(H,17,18,20,21,23). The second-order valence-electron chi connectivity index (χ2n) is 5.20. The molecule has 1 fully saturated rings. The summed E-state index contributed by atoms with van der Waals surface area (Å²) in [5.74, 6) is -1.61. The van der Waals surface area contributed by atoms with E-state index in [2.05, 4.69) is 25.6 Å². The van der Waals surface area contributed by atoms with E-state index in [1.165, 1.54) is 30.6 Å². The number of amidine groups is 1. The van der Waals surface area contributed by atoms with Crippen LogP contribution in [0.4, 0.5) is 11.6 Å². The van der Waals surface area contributed by atoms with Gasteiger partial charge in [-0.3, -0.25) is 9.59 Å². The summed E-state index contributed by atoms with van der Waals surface area (Å²) in [4.78, 5) is 47.1. The number of carbonyl (C=O) groups excluding carboxylic acids is 2. The van der Waals surface area contributed by atoms with Crippen molar-refractivity contribution in [1.82, 2.24) is 15.3 Å². The minimum Gasteiger partial charge on any atom is -0.478 e. The quantitative estimate of drug-likeness (QED) is 0.724. The summed E-state index contributed by atoms with van der Waals surface area (Å²) < 4.78 is 0. The summed E-state index contributed by atoms with van der Waals surface area (Å²) in [7, 11) is 0. The predicted octanol–water partition coefficient (Wildman–Crippen LogP) is 1.42. The summed E-state index contributed by atoms with van der Waals surface area (Å²) in [6.45, 7) is 0. The zero-order valence-electron chi connectivity index (χ0n) is 13.2. The van der Waals surface area contributed by atoms with Crippen LogP contribution >= 0.6 is 11.8 Å². The van der Waals surface area contributed by atoms with Crippen LogP contribution in [0, 0.1) is 0 Å². The van der Waals surface area contributed by atoms with Crippen LogP contribution < -0.4 is 10.6 Å². The smallest absolute Gasteiger partial charge is 0.335 e. The first-order chi connectivity index (χ1) is 12.5. The molecule has 0 saturated carbocycles. The SMILES string of the molecule is O=C(CC1S/C(=N\c2ncccn2)NC1=O)Nc1cccc(C(=O)O)c1. The van der Waals surface area contributed by atoms with Crippen molar-refractivity contribution in [1.29, 1.82) is 0 Å². The van der Waals surface area contributed by atoms with Crippen LogP contribution in [0.5, 0.6) is 0 Å². The zero-order valence-corrected chi connectivity index (χ0v) is 14.1. The molecule has 2 aromatic rings. The predicted molar refractivity (Wildman–Crippen MR) is 95.3 cm³/mol. The maximum atomic E-state index is 12.1. The van der Waals surface area contributed by atoms with E-state index in [1.54, 1.807) is 12.1 Å². The van der Waals surface area contributed by atoms with Crippen molar-refractivity contribution in [3.05, 3.63) is 48.3 Å². The third-order valence-corrected chi connectivity index (χ3v) is 4.38. The fourth-order valence-electron chi connectivity index (χ4n) is 2.14. The van der Waals surface area contributed by atoms with Gasteiger partial charge in [-0.1, -0.05) is 17.8 Å². The number of carboxylic acids is 1. The Bertz CT molecular complexity index is 887. The molecular weight excluding hydrogens is 358 g/mol. The fourth-order valence-corrected chi connectivity index (χ4v) is 3.11. The van der Waals surface area contributed by atoms with Crippen molar-refractivity contribution < 1.29 is 19.5 Å². The third-order valence-electron chi connectivity index (χ3n) is 3.29. The normalized spacial score (nSPS) is 17.8. The largest absolute Gasteiger partial charge is 0.478 e. The molecule has 0 spiro atoms. The topological polar surface area (TPSA) is 134 Å². The van der Waals surface area contributed by atoms with Crippen LogP contribution in [0.2, 0.25) is 0 Å². The molecule has 10 heteroatoms. The van der Waals surface area contributed by atoms with Gasteiger partial charge in [0.15, 0.2) is 5.17 Å². The molecule has 9 nitrogen and oxygen atoms in total. The Labute approximate surface area is 152 Å². The van der Waals surface area contributed by atoms with E-state index in [1.807, 2.05) is 0 Å². The lowest BCUT2D eigenvalue weighted by atomic mass is 10.2. The Morgan fingerprint density at radius 1 is 1.27 bits per heavy atom. The summed E-state index contributed by atoms with van der Waals surface area (Å²) in [5.41, 5.74) is 0.415. The van der Waals surface area contributed by atoms with Crippen LogP contribution in [-0.2, 0) is 9.59 Å². The van der Waals surface area contributed by atoms with Gasteiger partial charge in [0.1, 0.15) is 5.25 Å². The Balaban J connectivity index is 1.61. The van der Waals surface area contributed by atoms with Crippen molar-refractivity contribution in [3.8, 4) is 0 Å². The number of aromatic nitrogens is 2. The zero-order chi connectivity index (χ0) is 18.5. The van der Waals surface area contributed by atoms with E-state index in [4.69, 9.17) is 5.11 Å². The lowest BCUT2D eigenvalue weighted by Crippen LogP contribution is -2.28. The van der Waals surface area contributed by atoms with Crippen LogP contribution in [0.3, 0.4) is 0 Å². The molecule has 2 amide bonds. The van der Waals surface area contributed by atoms with Gasteiger partial charge in [0.25, 0.3) is 5.95 Å². The van der Waals surface area contributed by atoms with Gasteiger partial charge in [-0.2, -0.15) is 4.99 Å². The number of aliphatic imine (C=N–C) groups is 1. The average Bonchev–Trinajstić information content (AvgIpc) is 2.95. The van der Waals surface area contributed by atoms with Crippen LogP contribution in [0.25, 0.3) is 0 Å². The molecule has 2 heterocycles. The number of thioether (sulfide) groups is 1. The number of carboxylic acid groups (broad SMARTS) is 1. The monoisotopic (exact) mass is 371 g/mol. The highest BCUT2D eigenvalue weighted by atomic mass is 32.2. The van der Waals surface area contributed by atoms with Gasteiger partial charge < -0.3 is 15.7 Å². The van der Waals surface area contributed by atoms with Gasteiger partial charge in [0.05, 0.1) is 5.56 Å². The van der Waals surface area contributed by atoms with E-state index in [0.29, 0.717) is 10.9 Å². The molecule has 132 valence electrons. The molecule has 26 heavy (non-hydrogen) atoms. The molecule has 1 unspecified atom stereocenters. The number of anilines is 1. The van der Waals surface area contributed by atoms with E-state index >= 15 is 0 Å². The van der Waals surface area contributed by atoms with Crippen molar-refractivity contribution in [2.75, 3.05) is 5.32 Å².